The maximum Gasteiger partial charge on any atom is 0.196 e. The summed E-state index contributed by atoms with van der Waals surface area (Å²) in [5.74, 6) is 3.67. The van der Waals surface area contributed by atoms with Crippen LogP contribution in [0.2, 0.25) is 0 Å². The summed E-state index contributed by atoms with van der Waals surface area (Å²) >= 11 is 1.70. The summed E-state index contributed by atoms with van der Waals surface area (Å²) in [6, 6.07) is 9.82. The average Bonchev–Trinajstić information content (AvgIpc) is 3.36. The molecule has 3 rings (SSSR count). The Hall–Kier alpha value is -3.07. The first-order chi connectivity index (χ1) is 14.1. The van der Waals surface area contributed by atoms with E-state index in [-0.39, 0.29) is 0 Å². The summed E-state index contributed by atoms with van der Waals surface area (Å²) in [6.07, 6.45) is 0. The van der Waals surface area contributed by atoms with Gasteiger partial charge >= 0.3 is 0 Å². The van der Waals surface area contributed by atoms with Gasteiger partial charge < -0.3 is 24.7 Å². The fourth-order valence-corrected chi connectivity index (χ4v) is 3.26. The normalized spacial score (nSPS) is 11.4. The molecule has 0 aliphatic heterocycles. The van der Waals surface area contributed by atoms with Crippen molar-refractivity contribution in [3.8, 4) is 11.5 Å². The third-order valence-electron chi connectivity index (χ3n) is 4.30. The van der Waals surface area contributed by atoms with Crippen molar-refractivity contribution in [3.05, 3.63) is 52.2 Å². The fourth-order valence-electron chi connectivity index (χ4n) is 2.62. The Morgan fingerprint density at radius 2 is 2.10 bits per heavy atom. The van der Waals surface area contributed by atoms with E-state index in [9.17, 15) is 0 Å². The predicted octanol–water partition coefficient (Wildman–Crippen LogP) is 3.35. The van der Waals surface area contributed by atoms with Gasteiger partial charge in [-0.25, -0.2) is 4.99 Å². The average molecular weight is 415 g/mol. The number of anilines is 1. The van der Waals surface area contributed by atoms with Crippen LogP contribution in [0.25, 0.3) is 0 Å². The van der Waals surface area contributed by atoms with Crippen molar-refractivity contribution < 1.29 is 9.47 Å². The number of rotatable bonds is 8. The van der Waals surface area contributed by atoms with Gasteiger partial charge in [-0.05, 0) is 37.4 Å². The van der Waals surface area contributed by atoms with Crippen LogP contribution < -0.4 is 20.1 Å². The molecular weight excluding hydrogens is 388 g/mol. The van der Waals surface area contributed by atoms with Crippen LogP contribution in [-0.2, 0) is 20.1 Å². The number of thiophene rings is 1. The summed E-state index contributed by atoms with van der Waals surface area (Å²) in [5, 5.41) is 17.0. The van der Waals surface area contributed by atoms with Crippen molar-refractivity contribution in [1.29, 1.82) is 0 Å². The molecule has 0 bridgehead atoms. The molecule has 0 saturated heterocycles. The van der Waals surface area contributed by atoms with Crippen LogP contribution in [0.5, 0.6) is 11.5 Å². The van der Waals surface area contributed by atoms with Crippen LogP contribution in [0.4, 0.5) is 5.69 Å². The van der Waals surface area contributed by atoms with E-state index >= 15 is 0 Å². The van der Waals surface area contributed by atoms with E-state index in [0.29, 0.717) is 37.2 Å². The lowest BCUT2D eigenvalue weighted by molar-refractivity contribution is 0.311. The summed E-state index contributed by atoms with van der Waals surface area (Å²) in [4.78, 5) is 5.90. The maximum atomic E-state index is 5.59. The number of aryl methyl sites for hydroxylation is 1. The van der Waals surface area contributed by atoms with Crippen LogP contribution in [-0.4, -0.2) is 34.4 Å². The highest BCUT2D eigenvalue weighted by atomic mass is 32.1. The SMILES string of the molecule is CCOc1ccc(NC(=NCc2nnc(C)n2C)NCc2cccs2)cc1OC. The Bertz CT molecular complexity index is 952. The predicted molar refractivity (Wildman–Crippen MR) is 116 cm³/mol. The molecule has 0 radical (unpaired) electrons. The Balaban J connectivity index is 1.78. The van der Waals surface area contributed by atoms with Gasteiger partial charge in [0, 0.05) is 23.7 Å². The monoisotopic (exact) mass is 414 g/mol. The van der Waals surface area contributed by atoms with E-state index in [1.54, 1.807) is 18.4 Å². The number of aromatic nitrogens is 3. The Morgan fingerprint density at radius 1 is 1.24 bits per heavy atom. The Morgan fingerprint density at radius 3 is 2.76 bits per heavy atom. The molecule has 0 aliphatic carbocycles. The molecule has 0 aliphatic rings. The third-order valence-corrected chi connectivity index (χ3v) is 5.17. The number of hydrogen-bond acceptors (Lipinski definition) is 6. The largest absolute Gasteiger partial charge is 0.493 e. The van der Waals surface area contributed by atoms with E-state index in [1.807, 2.05) is 49.7 Å². The van der Waals surface area contributed by atoms with Crippen molar-refractivity contribution in [1.82, 2.24) is 20.1 Å². The molecule has 8 nitrogen and oxygen atoms in total. The van der Waals surface area contributed by atoms with Gasteiger partial charge in [-0.3, -0.25) is 0 Å². The highest BCUT2D eigenvalue weighted by Gasteiger charge is 2.09. The number of nitrogens with zero attached hydrogens (tertiary/aromatic N) is 4. The Kier molecular flexibility index (Phi) is 7.07. The standard InChI is InChI=1S/C20H26N6O2S/c1-5-28-17-9-8-15(11-18(17)27-4)23-20(21-12-16-7-6-10-29-16)22-13-19-25-24-14(2)26(19)3/h6-11H,5,12-13H2,1-4H3,(H2,21,22,23). The van der Waals surface area contributed by atoms with Crippen molar-refractivity contribution in [2.24, 2.45) is 12.0 Å². The molecule has 154 valence electrons. The molecule has 2 heterocycles. The van der Waals surface area contributed by atoms with Crippen LogP contribution in [0.3, 0.4) is 0 Å². The van der Waals surface area contributed by atoms with Crippen LogP contribution >= 0.6 is 11.3 Å². The molecule has 29 heavy (non-hydrogen) atoms. The van der Waals surface area contributed by atoms with E-state index in [2.05, 4.69) is 37.3 Å². The zero-order valence-corrected chi connectivity index (χ0v) is 17.9. The first-order valence-corrected chi connectivity index (χ1v) is 10.2. The minimum atomic E-state index is 0.408. The van der Waals surface area contributed by atoms with Gasteiger partial charge in [-0.15, -0.1) is 21.5 Å². The van der Waals surface area contributed by atoms with Crippen LogP contribution in [0.1, 0.15) is 23.4 Å². The lowest BCUT2D eigenvalue weighted by atomic mass is 10.2. The highest BCUT2D eigenvalue weighted by Crippen LogP contribution is 2.30. The molecule has 0 spiro atoms. The molecule has 0 amide bonds. The molecule has 2 aromatic heterocycles. The second-order valence-electron chi connectivity index (χ2n) is 6.24. The van der Waals surface area contributed by atoms with Gasteiger partial charge in [0.15, 0.2) is 23.3 Å². The quantitative estimate of drug-likeness (QED) is 0.434. The van der Waals surface area contributed by atoms with Crippen molar-refractivity contribution in [2.45, 2.75) is 26.9 Å². The van der Waals surface area contributed by atoms with Crippen LogP contribution in [0, 0.1) is 6.92 Å². The number of nitrogens with one attached hydrogen (secondary N) is 2. The molecule has 9 heteroatoms. The summed E-state index contributed by atoms with van der Waals surface area (Å²) < 4.78 is 13.0. The lowest BCUT2D eigenvalue weighted by Gasteiger charge is -2.15. The zero-order valence-electron chi connectivity index (χ0n) is 17.1. The molecule has 1 aromatic carbocycles. The molecule has 2 N–H and O–H groups in total. The molecule has 0 atom stereocenters. The van der Waals surface area contributed by atoms with Gasteiger partial charge in [0.1, 0.15) is 12.4 Å². The number of hydrogen-bond donors (Lipinski definition) is 2. The van der Waals surface area contributed by atoms with Crippen molar-refractivity contribution in [3.63, 3.8) is 0 Å². The number of guanidine groups is 1. The third kappa shape index (κ3) is 5.47. The van der Waals surface area contributed by atoms with Gasteiger partial charge in [0.05, 0.1) is 20.3 Å². The zero-order chi connectivity index (χ0) is 20.6. The van der Waals surface area contributed by atoms with Gasteiger partial charge in [-0.1, -0.05) is 6.07 Å². The summed E-state index contributed by atoms with van der Waals surface area (Å²) in [6.45, 7) is 5.52. The number of benzene rings is 1. The summed E-state index contributed by atoms with van der Waals surface area (Å²) in [7, 11) is 3.56. The molecule has 0 unspecified atom stereocenters. The molecular formula is C20H26N6O2S. The van der Waals surface area contributed by atoms with Gasteiger partial charge in [-0.2, -0.15) is 0 Å². The van der Waals surface area contributed by atoms with Crippen molar-refractivity contribution >= 4 is 23.0 Å². The number of methoxy groups -OCH3 is 1. The number of aliphatic imine (C=N–C) groups is 1. The second-order valence-corrected chi connectivity index (χ2v) is 7.28. The first kappa shape index (κ1) is 20.7. The number of ether oxygens (including phenoxy) is 2. The molecule has 0 fully saturated rings. The minimum Gasteiger partial charge on any atom is -0.493 e. The van der Waals surface area contributed by atoms with E-state index in [0.717, 1.165) is 17.3 Å². The van der Waals surface area contributed by atoms with E-state index < -0.39 is 0 Å². The fraction of sp³-hybridized carbons (Fsp3) is 0.350. The van der Waals surface area contributed by atoms with Crippen LogP contribution in [0.15, 0.2) is 40.7 Å². The minimum absolute atomic E-state index is 0.408. The lowest BCUT2D eigenvalue weighted by Crippen LogP contribution is -2.30. The molecule has 3 aromatic rings. The van der Waals surface area contributed by atoms with Crippen molar-refractivity contribution in [2.75, 3.05) is 19.0 Å². The van der Waals surface area contributed by atoms with Gasteiger partial charge in [0.2, 0.25) is 0 Å². The Labute approximate surface area is 174 Å². The smallest absolute Gasteiger partial charge is 0.196 e. The summed E-state index contributed by atoms with van der Waals surface area (Å²) in [5.41, 5.74) is 0.844. The highest BCUT2D eigenvalue weighted by molar-refractivity contribution is 7.09. The topological polar surface area (TPSA) is 85.6 Å². The first-order valence-electron chi connectivity index (χ1n) is 9.34. The second kappa shape index (κ2) is 9.92. The van der Waals surface area contributed by atoms with Gasteiger partial charge in [0.25, 0.3) is 0 Å². The van der Waals surface area contributed by atoms with E-state index in [1.165, 1.54) is 4.88 Å². The molecule has 0 saturated carbocycles. The van der Waals surface area contributed by atoms with E-state index in [4.69, 9.17) is 9.47 Å². The maximum absolute atomic E-state index is 5.59.